The molecule has 3 aromatic rings. The second-order valence-electron chi connectivity index (χ2n) is 18.8. The van der Waals surface area contributed by atoms with Crippen LogP contribution in [0.1, 0.15) is 140 Å². The quantitative estimate of drug-likeness (QED) is 0.109. The van der Waals surface area contributed by atoms with E-state index in [2.05, 4.69) is 17.4 Å². The average molecular weight is 924 g/mol. The molecule has 2 aliphatic rings. The standard InChI is InChI=1S/C51H66ClF3N4O6/c1-34(2)33-49(5,57-47(63)51(53,54)55)48(64)58(6)44(35(3)4)45(61)56-42(46(62)59-30-18-19-31-59)32-43(60)65-50(38-22-14-11-15-23-38,40-24-16-17-25-41(40)52)39-28-26-37(27-29-39)36-20-12-9-7-8-10-13-21-36/h11,14-17,22-29,34-36,42,44H,7-10,12-13,18-21,30-33H2,1-6H3,(H,56,61)(H,57,63)/t42-,44-,49-,50?/m0/s1. The Morgan fingerprint density at radius 1 is 0.785 bits per heavy atom. The molecule has 354 valence electrons. The van der Waals surface area contributed by atoms with Gasteiger partial charge >= 0.3 is 18.1 Å². The average Bonchev–Trinajstić information content (AvgIpc) is 3.84. The first-order chi connectivity index (χ1) is 30.8. The lowest BCUT2D eigenvalue weighted by Gasteiger charge is -2.39. The Balaban J connectivity index is 1.52. The lowest BCUT2D eigenvalue weighted by molar-refractivity contribution is -0.177. The van der Waals surface area contributed by atoms with E-state index in [0.717, 1.165) is 43.4 Å². The number of rotatable bonds is 16. The molecule has 3 aromatic carbocycles. The van der Waals surface area contributed by atoms with Crippen molar-refractivity contribution in [2.24, 2.45) is 11.8 Å². The topological polar surface area (TPSA) is 125 Å². The zero-order chi connectivity index (χ0) is 47.5. The van der Waals surface area contributed by atoms with Gasteiger partial charge in [0.15, 0.2) is 5.60 Å². The van der Waals surface area contributed by atoms with Crippen molar-refractivity contribution >= 4 is 41.2 Å². The maximum atomic E-state index is 14.8. The zero-order valence-corrected chi connectivity index (χ0v) is 39.4. The molecule has 0 radical (unpaired) electrons. The highest BCUT2D eigenvalue weighted by molar-refractivity contribution is 6.31. The van der Waals surface area contributed by atoms with Crippen molar-refractivity contribution < 1.29 is 41.9 Å². The largest absolute Gasteiger partial charge is 0.471 e. The molecular weight excluding hydrogens is 857 g/mol. The number of alkyl halides is 3. The number of likely N-dealkylation sites (N-methyl/N-ethyl adjacent to an activating group) is 1. The van der Waals surface area contributed by atoms with Crippen molar-refractivity contribution in [3.63, 3.8) is 0 Å². The highest BCUT2D eigenvalue weighted by Gasteiger charge is 2.49. The van der Waals surface area contributed by atoms with Crippen LogP contribution in [0.4, 0.5) is 13.2 Å². The second-order valence-corrected chi connectivity index (χ2v) is 19.2. The molecule has 1 aliphatic heterocycles. The molecule has 4 atom stereocenters. The fourth-order valence-corrected chi connectivity index (χ4v) is 10.1. The lowest BCUT2D eigenvalue weighted by Crippen LogP contribution is -2.64. The van der Waals surface area contributed by atoms with Gasteiger partial charge in [0.05, 0.1) is 6.42 Å². The summed E-state index contributed by atoms with van der Waals surface area (Å²) in [4.78, 5) is 72.6. The number of carbonyl (C=O) groups is 5. The van der Waals surface area contributed by atoms with E-state index in [1.807, 2.05) is 53.8 Å². The molecule has 2 fully saturated rings. The van der Waals surface area contributed by atoms with E-state index in [1.165, 1.54) is 45.2 Å². The molecule has 1 aliphatic carbocycles. The maximum absolute atomic E-state index is 14.8. The van der Waals surface area contributed by atoms with Gasteiger partial charge in [-0.2, -0.15) is 13.2 Å². The third kappa shape index (κ3) is 12.7. The van der Waals surface area contributed by atoms with Crippen LogP contribution in [-0.2, 0) is 34.3 Å². The van der Waals surface area contributed by atoms with E-state index >= 15 is 0 Å². The number of halogens is 4. The lowest BCUT2D eigenvalue weighted by atomic mass is 9.78. The van der Waals surface area contributed by atoms with Gasteiger partial charge in [0.1, 0.15) is 17.6 Å². The van der Waals surface area contributed by atoms with Crippen molar-refractivity contribution in [1.82, 2.24) is 20.4 Å². The van der Waals surface area contributed by atoms with Crippen LogP contribution in [0.25, 0.3) is 0 Å². The van der Waals surface area contributed by atoms with Gasteiger partial charge in [0.2, 0.25) is 17.7 Å². The molecule has 1 unspecified atom stereocenters. The van der Waals surface area contributed by atoms with Gasteiger partial charge in [-0.3, -0.25) is 24.0 Å². The molecular formula is C51H66ClF3N4O6. The summed E-state index contributed by atoms with van der Waals surface area (Å²) in [6, 6.07) is 21.7. The van der Waals surface area contributed by atoms with E-state index in [-0.39, 0.29) is 12.3 Å². The molecule has 5 rings (SSSR count). The number of amides is 4. The fraction of sp³-hybridized carbons (Fsp3) is 0.549. The van der Waals surface area contributed by atoms with Crippen molar-refractivity contribution in [1.29, 1.82) is 0 Å². The Bertz CT molecular complexity index is 2080. The monoisotopic (exact) mass is 922 g/mol. The summed E-state index contributed by atoms with van der Waals surface area (Å²) in [7, 11) is 1.28. The maximum Gasteiger partial charge on any atom is 0.471 e. The number of nitrogens with one attached hydrogen (secondary N) is 2. The highest BCUT2D eigenvalue weighted by atomic mass is 35.5. The van der Waals surface area contributed by atoms with Gasteiger partial charge in [-0.05, 0) is 68.4 Å². The van der Waals surface area contributed by atoms with Crippen molar-refractivity contribution in [2.45, 2.75) is 147 Å². The van der Waals surface area contributed by atoms with Crippen LogP contribution in [0.15, 0.2) is 78.9 Å². The first kappa shape index (κ1) is 51.1. The van der Waals surface area contributed by atoms with Crippen molar-refractivity contribution in [3.05, 3.63) is 106 Å². The summed E-state index contributed by atoms with van der Waals surface area (Å²) < 4.78 is 47.2. The van der Waals surface area contributed by atoms with E-state index in [0.29, 0.717) is 40.7 Å². The summed E-state index contributed by atoms with van der Waals surface area (Å²) in [5, 5.41) is 4.97. The van der Waals surface area contributed by atoms with Crippen molar-refractivity contribution in [2.75, 3.05) is 20.1 Å². The summed E-state index contributed by atoms with van der Waals surface area (Å²) in [6.07, 6.45) is 4.86. The molecule has 0 spiro atoms. The smallest absolute Gasteiger partial charge is 0.444 e. The van der Waals surface area contributed by atoms with Gasteiger partial charge in [-0.15, -0.1) is 0 Å². The Morgan fingerprint density at radius 3 is 1.89 bits per heavy atom. The van der Waals surface area contributed by atoms with E-state index < -0.39 is 71.3 Å². The van der Waals surface area contributed by atoms with Crippen molar-refractivity contribution in [3.8, 4) is 0 Å². The summed E-state index contributed by atoms with van der Waals surface area (Å²) in [5.41, 5.74) is -0.713. The molecule has 14 heteroatoms. The number of hydrogen-bond donors (Lipinski definition) is 2. The number of carbonyl (C=O) groups excluding carboxylic acids is 5. The van der Waals surface area contributed by atoms with Crippen LogP contribution in [0.2, 0.25) is 5.02 Å². The number of nitrogens with zero attached hydrogens (tertiary/aromatic N) is 2. The summed E-state index contributed by atoms with van der Waals surface area (Å²) in [6.45, 7) is 8.69. The third-order valence-electron chi connectivity index (χ3n) is 12.8. The molecule has 1 heterocycles. The van der Waals surface area contributed by atoms with Crippen LogP contribution in [0.3, 0.4) is 0 Å². The van der Waals surface area contributed by atoms with E-state index in [1.54, 1.807) is 50.8 Å². The molecule has 0 aromatic heterocycles. The highest BCUT2D eigenvalue weighted by Crippen LogP contribution is 2.45. The van der Waals surface area contributed by atoms with E-state index in [4.69, 9.17) is 16.3 Å². The van der Waals surface area contributed by atoms with Crippen LogP contribution in [0.5, 0.6) is 0 Å². The summed E-state index contributed by atoms with van der Waals surface area (Å²) in [5.74, 6) is -5.92. The number of esters is 1. The molecule has 1 saturated carbocycles. The third-order valence-corrected chi connectivity index (χ3v) is 13.1. The SMILES string of the molecule is CC(C)C[C@](C)(NC(=O)C(F)(F)F)C(=O)N(C)[C@H](C(=O)N[C@@H](CC(=O)OC(c1ccccc1)(c1ccc(C2CCCCCCCC2)cc1)c1ccccc1Cl)C(=O)N1CCCC1)C(C)C. The minimum Gasteiger partial charge on any atom is -0.444 e. The number of benzene rings is 3. The minimum atomic E-state index is -5.26. The fourth-order valence-electron chi connectivity index (χ4n) is 9.79. The Hall–Kier alpha value is -4.91. The van der Waals surface area contributed by atoms with Gasteiger partial charge in [0, 0.05) is 41.9 Å². The summed E-state index contributed by atoms with van der Waals surface area (Å²) >= 11 is 7.01. The first-order valence-corrected chi connectivity index (χ1v) is 23.5. The predicted molar refractivity (Wildman–Crippen MR) is 246 cm³/mol. The Morgan fingerprint density at radius 2 is 1.34 bits per heavy atom. The molecule has 0 bridgehead atoms. The molecule has 4 amide bonds. The molecule has 1 saturated heterocycles. The Labute approximate surface area is 387 Å². The number of ether oxygens (including phenoxy) is 1. The van der Waals surface area contributed by atoms with Gasteiger partial charge < -0.3 is 25.2 Å². The molecule has 2 N–H and O–H groups in total. The zero-order valence-electron chi connectivity index (χ0n) is 38.6. The van der Waals surface area contributed by atoms with Crippen LogP contribution in [-0.4, -0.2) is 83.3 Å². The predicted octanol–water partition coefficient (Wildman–Crippen LogP) is 9.86. The van der Waals surface area contributed by atoms with Crippen LogP contribution < -0.4 is 10.6 Å². The minimum absolute atomic E-state index is 0.162. The number of hydrogen-bond acceptors (Lipinski definition) is 6. The molecule has 10 nitrogen and oxygen atoms in total. The first-order valence-electron chi connectivity index (χ1n) is 23.2. The number of likely N-dealkylation sites (tertiary alicyclic amines) is 1. The molecule has 65 heavy (non-hydrogen) atoms. The second kappa shape index (κ2) is 22.5. The van der Waals surface area contributed by atoms with Gasteiger partial charge in [-0.25, -0.2) is 0 Å². The van der Waals surface area contributed by atoms with Gasteiger partial charge in [0.25, 0.3) is 0 Å². The van der Waals surface area contributed by atoms with Crippen LogP contribution in [0, 0.1) is 11.8 Å². The van der Waals surface area contributed by atoms with Crippen LogP contribution >= 0.6 is 11.6 Å². The van der Waals surface area contributed by atoms with Gasteiger partial charge in [-0.1, -0.05) is 151 Å². The normalized spacial score (nSPS) is 18.0. The Kier molecular flexibility index (Phi) is 17.7. The van der Waals surface area contributed by atoms with E-state index in [9.17, 15) is 37.1 Å².